The van der Waals surface area contributed by atoms with Crippen LogP contribution in [0.3, 0.4) is 0 Å². The number of aromatic nitrogens is 1. The molecule has 4 nitrogen and oxygen atoms in total. The Morgan fingerprint density at radius 2 is 2.05 bits per heavy atom. The number of halogens is 2. The molecule has 0 spiro atoms. The summed E-state index contributed by atoms with van der Waals surface area (Å²) in [6.45, 7) is -0.0272. The highest BCUT2D eigenvalue weighted by Gasteiger charge is 2.11. The fraction of sp³-hybridized carbons (Fsp3) is 0.143. The van der Waals surface area contributed by atoms with Gasteiger partial charge in [0.15, 0.2) is 5.13 Å². The Morgan fingerprint density at radius 1 is 1.33 bits per heavy atom. The molecule has 1 aromatic carbocycles. The summed E-state index contributed by atoms with van der Waals surface area (Å²) in [7, 11) is 0. The first-order chi connectivity index (χ1) is 10.1. The van der Waals surface area contributed by atoms with Gasteiger partial charge < -0.3 is 5.11 Å². The quantitative estimate of drug-likeness (QED) is 0.856. The number of aliphatic hydroxyl groups excluding tert-OH is 1. The maximum atomic E-state index is 13.0. The minimum atomic E-state index is -0.824. The van der Waals surface area contributed by atoms with Crippen molar-refractivity contribution in [1.29, 1.82) is 0 Å². The zero-order valence-electron chi connectivity index (χ0n) is 10.7. The summed E-state index contributed by atoms with van der Waals surface area (Å²) in [5.41, 5.74) is -0.129. The number of nitrogens with zero attached hydrogens (tertiary/aromatic N) is 1. The molecule has 0 atom stereocenters. The Bertz CT molecular complexity index is 699. The average molecular weight is 308 g/mol. The molecular weight excluding hydrogens is 298 g/mol. The minimum absolute atomic E-state index is 0.0272. The molecule has 1 aromatic heterocycles. The molecule has 0 aliphatic heterocycles. The molecule has 0 aliphatic rings. The number of nitrogens with one attached hydrogen (secondary N) is 1. The number of benzene rings is 1. The number of rotatable bonds is 3. The number of carbonyl (C=O) groups is 1. The van der Waals surface area contributed by atoms with Gasteiger partial charge in [0.1, 0.15) is 11.6 Å². The maximum absolute atomic E-state index is 13.0. The predicted octanol–water partition coefficient (Wildman–Crippen LogP) is 2.41. The highest BCUT2D eigenvalue weighted by atomic mass is 32.1. The third-order valence-electron chi connectivity index (χ3n) is 2.30. The number of anilines is 1. The van der Waals surface area contributed by atoms with E-state index in [4.69, 9.17) is 5.11 Å². The van der Waals surface area contributed by atoms with Crippen molar-refractivity contribution in [2.24, 2.45) is 0 Å². The number of hydrogen-bond donors (Lipinski definition) is 2. The van der Waals surface area contributed by atoms with E-state index in [0.717, 1.165) is 23.5 Å². The van der Waals surface area contributed by atoms with Crippen molar-refractivity contribution in [2.75, 3.05) is 11.9 Å². The van der Waals surface area contributed by atoms with Gasteiger partial charge in [-0.25, -0.2) is 13.8 Å². The first kappa shape index (κ1) is 15.1. The fourth-order valence-corrected chi connectivity index (χ4v) is 2.14. The van der Waals surface area contributed by atoms with Crippen LogP contribution in [-0.4, -0.2) is 22.6 Å². The number of thiazole rings is 1. The smallest absolute Gasteiger partial charge is 0.257 e. The molecule has 2 rings (SSSR count). The number of carbonyl (C=O) groups excluding carboxylic acids is 1. The summed E-state index contributed by atoms with van der Waals surface area (Å²) >= 11 is 1.13. The van der Waals surface area contributed by atoms with Gasteiger partial charge in [-0.2, -0.15) is 0 Å². The van der Waals surface area contributed by atoms with Gasteiger partial charge in [0.25, 0.3) is 5.91 Å². The lowest BCUT2D eigenvalue weighted by atomic mass is 10.2. The molecule has 2 N–H and O–H groups in total. The van der Waals surface area contributed by atoms with Crippen LogP contribution in [0.5, 0.6) is 0 Å². The zero-order chi connectivity index (χ0) is 15.2. The van der Waals surface area contributed by atoms with Crippen LogP contribution >= 0.6 is 11.3 Å². The molecular formula is C14H10F2N2O2S. The first-order valence-electron chi connectivity index (χ1n) is 5.91. The van der Waals surface area contributed by atoms with Crippen molar-refractivity contribution in [3.05, 3.63) is 46.5 Å². The molecule has 2 aromatic rings. The Balaban J connectivity index is 2.08. The molecule has 0 bridgehead atoms. The van der Waals surface area contributed by atoms with Crippen LogP contribution in [0.2, 0.25) is 0 Å². The number of hydrogen-bond acceptors (Lipinski definition) is 4. The van der Waals surface area contributed by atoms with E-state index in [-0.39, 0.29) is 17.3 Å². The molecule has 0 saturated heterocycles. The van der Waals surface area contributed by atoms with Crippen LogP contribution < -0.4 is 5.32 Å². The van der Waals surface area contributed by atoms with E-state index in [1.54, 1.807) is 0 Å². The second-order valence-electron chi connectivity index (χ2n) is 3.92. The Hall–Kier alpha value is -2.30. The normalized spacial score (nSPS) is 9.86. The first-order valence-corrected chi connectivity index (χ1v) is 6.73. The molecule has 0 unspecified atom stereocenters. The van der Waals surface area contributed by atoms with Crippen molar-refractivity contribution in [3.8, 4) is 11.8 Å². The van der Waals surface area contributed by atoms with Crippen LogP contribution in [0.25, 0.3) is 0 Å². The zero-order valence-corrected chi connectivity index (χ0v) is 11.5. The van der Waals surface area contributed by atoms with Gasteiger partial charge in [-0.15, -0.1) is 0 Å². The van der Waals surface area contributed by atoms with Gasteiger partial charge in [0, 0.05) is 18.1 Å². The Morgan fingerprint density at radius 3 is 2.71 bits per heavy atom. The topological polar surface area (TPSA) is 62.2 Å². The maximum Gasteiger partial charge on any atom is 0.257 e. The predicted molar refractivity (Wildman–Crippen MR) is 75.0 cm³/mol. The van der Waals surface area contributed by atoms with Crippen LogP contribution in [0.1, 0.15) is 21.7 Å². The summed E-state index contributed by atoms with van der Waals surface area (Å²) < 4.78 is 26.1. The van der Waals surface area contributed by atoms with Gasteiger partial charge in [-0.05, 0) is 12.1 Å². The van der Waals surface area contributed by atoms with E-state index in [0.29, 0.717) is 17.4 Å². The van der Waals surface area contributed by atoms with E-state index in [2.05, 4.69) is 22.1 Å². The van der Waals surface area contributed by atoms with Crippen molar-refractivity contribution in [1.82, 2.24) is 4.98 Å². The second-order valence-corrected chi connectivity index (χ2v) is 4.95. The lowest BCUT2D eigenvalue weighted by Gasteiger charge is -2.01. The monoisotopic (exact) mass is 308 g/mol. The standard InChI is InChI=1S/C14H10F2N2O2S/c15-10-5-9(6-11(16)7-10)13(20)18-14-17-8-12(21-14)3-1-2-4-19/h5-8,19H,2,4H2,(H,17,18,20). The van der Waals surface area contributed by atoms with Crippen LogP contribution in [0.4, 0.5) is 13.9 Å². The van der Waals surface area contributed by atoms with E-state index in [9.17, 15) is 13.6 Å². The summed E-state index contributed by atoms with van der Waals surface area (Å²) in [5, 5.41) is 11.3. The highest BCUT2D eigenvalue weighted by molar-refractivity contribution is 7.16. The van der Waals surface area contributed by atoms with Crippen molar-refractivity contribution < 1.29 is 18.7 Å². The lowest BCUT2D eigenvalue weighted by molar-refractivity contribution is 0.102. The minimum Gasteiger partial charge on any atom is -0.395 e. The molecule has 7 heteroatoms. The van der Waals surface area contributed by atoms with Crippen LogP contribution in [0.15, 0.2) is 24.4 Å². The molecule has 21 heavy (non-hydrogen) atoms. The fourth-order valence-electron chi connectivity index (χ4n) is 1.45. The summed E-state index contributed by atoms with van der Waals surface area (Å²) in [5.74, 6) is 3.19. The summed E-state index contributed by atoms with van der Waals surface area (Å²) in [6, 6.07) is 2.57. The second kappa shape index (κ2) is 6.92. The SMILES string of the molecule is O=C(Nc1ncc(C#CCCO)s1)c1cc(F)cc(F)c1. The average Bonchev–Trinajstić information content (AvgIpc) is 2.85. The third-order valence-corrected chi connectivity index (χ3v) is 3.13. The highest BCUT2D eigenvalue weighted by Crippen LogP contribution is 2.18. The number of amides is 1. The summed E-state index contributed by atoms with van der Waals surface area (Å²) in [6.07, 6.45) is 1.82. The third kappa shape index (κ3) is 4.34. The van der Waals surface area contributed by atoms with E-state index >= 15 is 0 Å². The van der Waals surface area contributed by atoms with Gasteiger partial charge in [-0.3, -0.25) is 10.1 Å². The molecule has 0 saturated carbocycles. The Labute approximate surface area is 123 Å². The molecule has 0 aliphatic carbocycles. The molecule has 1 heterocycles. The van der Waals surface area contributed by atoms with Crippen molar-refractivity contribution in [2.45, 2.75) is 6.42 Å². The molecule has 108 valence electrons. The Kier molecular flexibility index (Phi) is 4.98. The van der Waals surface area contributed by atoms with E-state index in [1.807, 2.05) is 0 Å². The van der Waals surface area contributed by atoms with Gasteiger partial charge in [0.2, 0.25) is 0 Å². The van der Waals surface area contributed by atoms with E-state index in [1.165, 1.54) is 6.20 Å². The van der Waals surface area contributed by atoms with E-state index < -0.39 is 17.5 Å². The number of aliphatic hydroxyl groups is 1. The molecule has 0 fully saturated rings. The lowest BCUT2D eigenvalue weighted by Crippen LogP contribution is -2.12. The van der Waals surface area contributed by atoms with Crippen molar-refractivity contribution in [3.63, 3.8) is 0 Å². The van der Waals surface area contributed by atoms with Crippen molar-refractivity contribution >= 4 is 22.4 Å². The summed E-state index contributed by atoms with van der Waals surface area (Å²) in [4.78, 5) is 16.4. The van der Waals surface area contributed by atoms with Crippen LogP contribution in [-0.2, 0) is 0 Å². The van der Waals surface area contributed by atoms with Gasteiger partial charge >= 0.3 is 0 Å². The van der Waals surface area contributed by atoms with Gasteiger partial charge in [-0.1, -0.05) is 23.2 Å². The van der Waals surface area contributed by atoms with Crippen LogP contribution in [0, 0.1) is 23.5 Å². The largest absolute Gasteiger partial charge is 0.395 e. The molecule has 1 amide bonds. The van der Waals surface area contributed by atoms with Gasteiger partial charge in [0.05, 0.1) is 17.7 Å². The molecule has 0 radical (unpaired) electrons.